The van der Waals surface area contributed by atoms with Gasteiger partial charge in [0.15, 0.2) is 0 Å². The van der Waals surface area contributed by atoms with E-state index >= 15 is 0 Å². The van der Waals surface area contributed by atoms with Gasteiger partial charge in [-0.1, -0.05) is 135 Å². The number of pyridine rings is 2. The Morgan fingerprint density at radius 1 is 0.723 bits per heavy atom. The average Bonchev–Trinajstić information content (AvgIpc) is 3.84. The van der Waals surface area contributed by atoms with Crippen LogP contribution < -0.4 is 5.19 Å². The number of imidazole rings is 1. The van der Waals surface area contributed by atoms with Gasteiger partial charge in [-0.3, -0.25) is 4.98 Å². The van der Waals surface area contributed by atoms with Crippen molar-refractivity contribution in [3.05, 3.63) is 162 Å². The van der Waals surface area contributed by atoms with E-state index in [4.69, 9.17) is 11.3 Å². The quantitative estimate of drug-likeness (QED) is 0.112. The third kappa shape index (κ3) is 9.74. The van der Waals surface area contributed by atoms with Crippen LogP contribution in [0.15, 0.2) is 121 Å². The predicted molar refractivity (Wildman–Crippen MR) is 274 cm³/mol. The SMILES string of the molecule is CC(C)c1cc(C(C)(C)C)cc(C(C)C)c1-n1c(-c2[c-]ccc3c2sc2nc(-c4ccc(F)cc4)ccc23)nc2ccccc21.[2H]C(C)(C)c1cc(-c2[c-]cccc2)ncc1[Si](C)(C)C.[Ir]. The Labute approximate surface area is 405 Å². The third-order valence-corrected chi connectivity index (χ3v) is 15.1. The Hall–Kier alpha value is -5.11. The molecule has 0 aliphatic rings. The monoisotopic (exact) mass is 1070 g/mol. The average molecular weight is 1070 g/mol. The van der Waals surface area contributed by atoms with E-state index in [0.29, 0.717) is 11.8 Å². The Bertz CT molecular complexity index is 3140. The van der Waals surface area contributed by atoms with Gasteiger partial charge in [-0.05, 0) is 103 Å². The zero-order valence-electron chi connectivity index (χ0n) is 40.6. The van der Waals surface area contributed by atoms with Crippen molar-refractivity contribution in [3.63, 3.8) is 0 Å². The number of nitrogens with zero attached hydrogens (tertiary/aromatic N) is 4. The van der Waals surface area contributed by atoms with E-state index in [2.05, 4.69) is 144 Å². The Morgan fingerprint density at radius 2 is 1.40 bits per heavy atom. The fourth-order valence-corrected chi connectivity index (χ4v) is 11.2. The summed E-state index contributed by atoms with van der Waals surface area (Å²) in [6, 6.07) is 44.8. The molecule has 1 radical (unpaired) electrons. The van der Waals surface area contributed by atoms with Crippen molar-refractivity contribution < 1.29 is 25.9 Å². The first kappa shape index (κ1) is 46.4. The maximum Gasteiger partial charge on any atom is 0.123 e. The molecule has 9 rings (SSSR count). The van der Waals surface area contributed by atoms with Gasteiger partial charge in [0.2, 0.25) is 0 Å². The molecule has 0 unspecified atom stereocenters. The summed E-state index contributed by atoms with van der Waals surface area (Å²) in [5.41, 5.74) is 13.0. The van der Waals surface area contributed by atoms with Crippen molar-refractivity contribution in [2.75, 3.05) is 0 Å². The summed E-state index contributed by atoms with van der Waals surface area (Å²) in [6.07, 6.45) is 1.98. The van der Waals surface area contributed by atoms with E-state index < -0.39 is 14.0 Å². The van der Waals surface area contributed by atoms with Crippen LogP contribution in [0.5, 0.6) is 0 Å². The molecule has 335 valence electrons. The van der Waals surface area contributed by atoms with E-state index in [1.165, 1.54) is 39.7 Å². The van der Waals surface area contributed by atoms with Crippen LogP contribution in [0.1, 0.15) is 104 Å². The minimum absolute atomic E-state index is 0. The molecule has 0 bridgehead atoms. The van der Waals surface area contributed by atoms with Crippen LogP contribution in [0, 0.1) is 17.9 Å². The molecule has 9 aromatic rings. The number of thiophene rings is 1. The summed E-state index contributed by atoms with van der Waals surface area (Å²) in [7, 11) is -1.50. The first-order valence-electron chi connectivity index (χ1n) is 22.8. The minimum atomic E-state index is -1.50. The Morgan fingerprint density at radius 3 is 2.02 bits per heavy atom. The second-order valence-corrected chi connectivity index (χ2v) is 25.8. The van der Waals surface area contributed by atoms with Gasteiger partial charge in [0.25, 0.3) is 0 Å². The molecule has 0 aliphatic heterocycles. The van der Waals surface area contributed by atoms with Crippen molar-refractivity contribution in [2.24, 2.45) is 0 Å². The minimum Gasteiger partial charge on any atom is -0.333 e. The summed E-state index contributed by atoms with van der Waals surface area (Å²) >= 11 is 1.67. The van der Waals surface area contributed by atoms with Gasteiger partial charge in [-0.25, -0.2) is 9.37 Å². The molecule has 0 N–H and O–H groups in total. The largest absolute Gasteiger partial charge is 0.333 e. The van der Waals surface area contributed by atoms with E-state index in [1.54, 1.807) is 23.5 Å². The summed E-state index contributed by atoms with van der Waals surface area (Å²) in [5, 5.41) is 3.51. The van der Waals surface area contributed by atoms with Crippen LogP contribution in [0.3, 0.4) is 0 Å². The molecule has 0 fully saturated rings. The molecule has 0 aliphatic carbocycles. The van der Waals surface area contributed by atoms with E-state index in [-0.39, 0.29) is 31.3 Å². The van der Waals surface area contributed by atoms with Crippen molar-refractivity contribution in [1.29, 1.82) is 0 Å². The normalized spacial score (nSPS) is 12.4. The standard InChI is InChI=1S/C40H37FN3S.C17H22NSi.Ir/c1-23(2)31-21-26(40(5,6)7)22-32(24(3)4)36(31)44-35-14-9-8-13-34(35)42-38(44)30-12-10-11-28-29-19-20-33(43-39(29)45-37(28)30)25-15-17-27(41)18-16-25;1-13(2)15-11-16(14-9-7-6-8-10-14)18-12-17(15)19(3,4)5;/h8-11,13-24H,1-7H3;6-9,11-13H,1-5H3;/q2*-1;/i;13D;. The topological polar surface area (TPSA) is 43.6 Å². The van der Waals surface area contributed by atoms with Gasteiger partial charge in [-0.15, -0.1) is 54.1 Å². The molecule has 8 heteroatoms. The molecule has 4 nitrogen and oxygen atoms in total. The predicted octanol–water partition coefficient (Wildman–Crippen LogP) is 15.8. The van der Waals surface area contributed by atoms with Gasteiger partial charge < -0.3 is 9.55 Å². The van der Waals surface area contributed by atoms with Gasteiger partial charge in [0.05, 0.1) is 30.6 Å². The number of halogens is 1. The zero-order chi connectivity index (χ0) is 46.6. The summed E-state index contributed by atoms with van der Waals surface area (Å²) in [5.74, 6) is 0.652. The fraction of sp³-hybridized carbons (Fsp3) is 0.281. The summed E-state index contributed by atoms with van der Waals surface area (Å²) in [4.78, 5) is 15.9. The molecule has 0 amide bonds. The van der Waals surface area contributed by atoms with Crippen molar-refractivity contribution >= 4 is 55.9 Å². The molecular weight excluding hydrogens is 1010 g/mol. The number of hydrogen-bond donors (Lipinski definition) is 0. The molecule has 4 aromatic heterocycles. The summed E-state index contributed by atoms with van der Waals surface area (Å²) < 4.78 is 25.5. The van der Waals surface area contributed by atoms with Crippen molar-refractivity contribution in [2.45, 2.75) is 105 Å². The maximum atomic E-state index is 13.6. The van der Waals surface area contributed by atoms with Crippen molar-refractivity contribution in [3.8, 4) is 39.6 Å². The van der Waals surface area contributed by atoms with Gasteiger partial charge in [0, 0.05) is 38.9 Å². The molecule has 5 aromatic carbocycles. The van der Waals surface area contributed by atoms with Crippen LogP contribution in [0.2, 0.25) is 19.6 Å². The number of rotatable bonds is 8. The smallest absolute Gasteiger partial charge is 0.123 e. The van der Waals surface area contributed by atoms with Gasteiger partial charge >= 0.3 is 0 Å². The molecule has 0 saturated heterocycles. The second kappa shape index (κ2) is 19.0. The maximum absolute atomic E-state index is 13.6. The molecule has 0 atom stereocenters. The number of para-hydroxylation sites is 2. The third-order valence-electron chi connectivity index (χ3n) is 12.0. The number of aromatic nitrogens is 4. The van der Waals surface area contributed by atoms with Crippen LogP contribution >= 0.6 is 11.3 Å². The number of fused-ring (bicyclic) bond motifs is 4. The van der Waals surface area contributed by atoms with Crippen LogP contribution in [0.25, 0.3) is 70.9 Å². The zero-order valence-corrected chi connectivity index (χ0v) is 43.8. The Kier molecular flexibility index (Phi) is 13.6. The number of benzene rings is 5. The molecule has 4 heterocycles. The molecule has 65 heavy (non-hydrogen) atoms. The second-order valence-electron chi connectivity index (χ2n) is 19.7. The van der Waals surface area contributed by atoms with Crippen molar-refractivity contribution in [1.82, 2.24) is 19.5 Å². The Balaban J connectivity index is 0.000000260. The first-order chi connectivity index (χ1) is 30.7. The van der Waals surface area contributed by atoms with Crippen LogP contribution in [0.4, 0.5) is 4.39 Å². The van der Waals surface area contributed by atoms with E-state index in [1.807, 2.05) is 56.4 Å². The fourth-order valence-electron chi connectivity index (χ4n) is 8.41. The van der Waals surface area contributed by atoms with Crippen LogP contribution in [-0.2, 0) is 25.5 Å². The number of hydrogen-bond acceptors (Lipinski definition) is 4. The van der Waals surface area contributed by atoms with E-state index in [0.717, 1.165) is 70.8 Å². The first-order valence-corrected chi connectivity index (χ1v) is 26.7. The van der Waals surface area contributed by atoms with E-state index in [9.17, 15) is 4.39 Å². The van der Waals surface area contributed by atoms with Gasteiger partial charge in [-0.2, -0.15) is 11.3 Å². The molecule has 0 spiro atoms. The molecule has 0 saturated carbocycles. The van der Waals surface area contributed by atoms with Crippen LogP contribution in [-0.4, -0.2) is 27.6 Å². The van der Waals surface area contributed by atoms with Gasteiger partial charge in [0.1, 0.15) is 10.6 Å². The molecular formula is C57H59FIrN4SSi-2. The summed E-state index contributed by atoms with van der Waals surface area (Å²) in [6.45, 7) is 26.8.